The molecule has 0 saturated heterocycles. The molecule has 4 rings (SSSR count). The Morgan fingerprint density at radius 2 is 1.97 bits per heavy atom. The Hall–Kier alpha value is -3.90. The Labute approximate surface area is 232 Å². The number of benzene rings is 2. The number of amidine groups is 1. The van der Waals surface area contributed by atoms with Crippen molar-refractivity contribution in [2.75, 3.05) is 13.1 Å². The smallest absolute Gasteiger partial charge is 0.407 e. The van der Waals surface area contributed by atoms with Gasteiger partial charge in [-0.2, -0.15) is 5.26 Å². The van der Waals surface area contributed by atoms with E-state index in [9.17, 15) is 20.0 Å². The standard InChI is InChI=1S/C29H33ClN6O3/c1-29(2,27(37)34-26(32)22-9-4-3-5-10-22)17-35(28(38)39)15-19-7-6-8-20(11-19)16-36-18-33-25-23(30)12-21(14-31)13-24(25)36/h3-5,9-10,12-13,18-20H,6-8,11,15-17H2,1-2H3,(H,38,39)(H2,32,34,37)/t19?,20-/m0/s1. The minimum atomic E-state index is -1.06. The molecule has 9 nitrogen and oxygen atoms in total. The molecule has 3 aromatic rings. The summed E-state index contributed by atoms with van der Waals surface area (Å²) < 4.78 is 2.03. The Morgan fingerprint density at radius 1 is 1.26 bits per heavy atom. The van der Waals surface area contributed by atoms with Crippen molar-refractivity contribution < 1.29 is 14.7 Å². The number of hydrogen-bond acceptors (Lipinski definition) is 5. The first-order chi connectivity index (χ1) is 18.6. The van der Waals surface area contributed by atoms with Gasteiger partial charge in [0.2, 0.25) is 5.91 Å². The molecule has 2 atom stereocenters. The monoisotopic (exact) mass is 548 g/mol. The van der Waals surface area contributed by atoms with Crippen LogP contribution in [0.1, 0.15) is 50.7 Å². The lowest BCUT2D eigenvalue weighted by Gasteiger charge is -2.35. The van der Waals surface area contributed by atoms with Gasteiger partial charge in [-0.25, -0.2) is 9.78 Å². The van der Waals surface area contributed by atoms with E-state index in [1.165, 1.54) is 4.90 Å². The summed E-state index contributed by atoms with van der Waals surface area (Å²) in [6.45, 7) is 4.48. The summed E-state index contributed by atoms with van der Waals surface area (Å²) in [5.41, 5.74) is 1.53. The molecule has 0 radical (unpaired) electrons. The Bertz CT molecular complexity index is 1410. The topological polar surface area (TPSA) is 135 Å². The minimum Gasteiger partial charge on any atom is -0.465 e. The van der Waals surface area contributed by atoms with E-state index in [1.807, 2.05) is 10.6 Å². The third-order valence-corrected chi connectivity index (χ3v) is 7.69. The second-order valence-electron chi connectivity index (χ2n) is 11.0. The fourth-order valence-corrected chi connectivity index (χ4v) is 5.64. The second-order valence-corrected chi connectivity index (χ2v) is 11.4. The zero-order valence-corrected chi connectivity index (χ0v) is 22.9. The number of amides is 2. The van der Waals surface area contributed by atoms with Crippen LogP contribution >= 0.6 is 11.6 Å². The summed E-state index contributed by atoms with van der Waals surface area (Å²) in [6.07, 6.45) is 4.46. The van der Waals surface area contributed by atoms with E-state index in [0.717, 1.165) is 31.2 Å². The van der Waals surface area contributed by atoms with Crippen LogP contribution in [-0.2, 0) is 11.3 Å². The van der Waals surface area contributed by atoms with Crippen LogP contribution in [0, 0.1) is 34.0 Å². The van der Waals surface area contributed by atoms with Gasteiger partial charge in [-0.1, -0.05) is 48.4 Å². The Morgan fingerprint density at radius 3 is 2.67 bits per heavy atom. The number of imidazole rings is 1. The van der Waals surface area contributed by atoms with Crippen LogP contribution in [0.15, 0.2) is 48.8 Å². The van der Waals surface area contributed by atoms with E-state index in [4.69, 9.17) is 17.0 Å². The molecule has 1 aliphatic carbocycles. The lowest BCUT2D eigenvalue weighted by molar-refractivity contribution is -0.128. The van der Waals surface area contributed by atoms with E-state index in [0.29, 0.717) is 40.7 Å². The molecule has 0 spiro atoms. The van der Waals surface area contributed by atoms with Crippen LogP contribution in [-0.4, -0.2) is 50.5 Å². The maximum Gasteiger partial charge on any atom is 0.407 e. The van der Waals surface area contributed by atoms with Gasteiger partial charge in [-0.3, -0.25) is 10.2 Å². The lowest BCUT2D eigenvalue weighted by atomic mass is 9.80. The van der Waals surface area contributed by atoms with Gasteiger partial charge in [0, 0.05) is 25.2 Å². The number of carbonyl (C=O) groups excluding carboxylic acids is 1. The number of halogens is 1. The lowest BCUT2D eigenvalue weighted by Crippen LogP contribution is -2.49. The van der Waals surface area contributed by atoms with Gasteiger partial charge in [-0.15, -0.1) is 0 Å². The molecule has 1 heterocycles. The van der Waals surface area contributed by atoms with Crippen molar-refractivity contribution in [3.63, 3.8) is 0 Å². The highest BCUT2D eigenvalue weighted by Gasteiger charge is 2.34. The molecule has 2 aromatic carbocycles. The molecule has 1 fully saturated rings. The molecule has 0 aliphatic heterocycles. The van der Waals surface area contributed by atoms with Gasteiger partial charge in [0.1, 0.15) is 11.4 Å². The van der Waals surface area contributed by atoms with Gasteiger partial charge < -0.3 is 19.9 Å². The van der Waals surface area contributed by atoms with Crippen molar-refractivity contribution in [3.8, 4) is 6.07 Å². The van der Waals surface area contributed by atoms with Crippen LogP contribution in [0.4, 0.5) is 4.79 Å². The third-order valence-electron chi connectivity index (χ3n) is 7.41. The summed E-state index contributed by atoms with van der Waals surface area (Å²) in [5.74, 6) is 0.0747. The van der Waals surface area contributed by atoms with Gasteiger partial charge in [0.15, 0.2) is 0 Å². The molecule has 2 amide bonds. The number of carbonyl (C=O) groups is 2. The quantitative estimate of drug-likeness (QED) is 0.252. The highest BCUT2D eigenvalue weighted by molar-refractivity contribution is 6.35. The van der Waals surface area contributed by atoms with E-state index < -0.39 is 17.4 Å². The first-order valence-corrected chi connectivity index (χ1v) is 13.4. The highest BCUT2D eigenvalue weighted by atomic mass is 35.5. The Balaban J connectivity index is 1.39. The van der Waals surface area contributed by atoms with Crippen LogP contribution in [0.3, 0.4) is 0 Å². The minimum absolute atomic E-state index is 0.0131. The summed E-state index contributed by atoms with van der Waals surface area (Å²) in [6, 6.07) is 14.4. The number of fused-ring (bicyclic) bond motifs is 1. The van der Waals surface area contributed by atoms with Crippen LogP contribution in [0.25, 0.3) is 11.0 Å². The third kappa shape index (κ3) is 6.76. The predicted octanol–water partition coefficient (Wildman–Crippen LogP) is 5.52. The average molecular weight is 549 g/mol. The first-order valence-electron chi connectivity index (χ1n) is 13.0. The maximum atomic E-state index is 13.0. The molecule has 1 aliphatic rings. The van der Waals surface area contributed by atoms with Crippen LogP contribution < -0.4 is 5.32 Å². The number of nitriles is 1. The fourth-order valence-electron chi connectivity index (χ4n) is 5.37. The number of aromatic nitrogens is 2. The van der Waals surface area contributed by atoms with Crippen molar-refractivity contribution in [2.24, 2.45) is 17.3 Å². The van der Waals surface area contributed by atoms with Gasteiger partial charge in [-0.05, 0) is 57.1 Å². The van der Waals surface area contributed by atoms with Crippen molar-refractivity contribution in [1.82, 2.24) is 19.8 Å². The number of nitrogens with zero attached hydrogens (tertiary/aromatic N) is 4. The van der Waals surface area contributed by atoms with Crippen molar-refractivity contribution >= 4 is 40.5 Å². The molecule has 0 bridgehead atoms. The van der Waals surface area contributed by atoms with E-state index in [2.05, 4.69) is 16.4 Å². The van der Waals surface area contributed by atoms with Crippen molar-refractivity contribution in [3.05, 3.63) is 64.9 Å². The second kappa shape index (κ2) is 11.9. The van der Waals surface area contributed by atoms with Gasteiger partial charge in [0.25, 0.3) is 0 Å². The van der Waals surface area contributed by atoms with E-state index >= 15 is 0 Å². The number of nitrogens with one attached hydrogen (secondary N) is 2. The van der Waals surface area contributed by atoms with E-state index in [-0.39, 0.29) is 18.3 Å². The average Bonchev–Trinajstić information content (AvgIpc) is 3.31. The number of hydrogen-bond donors (Lipinski definition) is 3. The Kier molecular flexibility index (Phi) is 8.56. The van der Waals surface area contributed by atoms with Crippen molar-refractivity contribution in [2.45, 2.75) is 46.1 Å². The molecule has 39 heavy (non-hydrogen) atoms. The van der Waals surface area contributed by atoms with Gasteiger partial charge in [0.05, 0.1) is 33.9 Å². The zero-order valence-electron chi connectivity index (χ0n) is 22.2. The summed E-state index contributed by atoms with van der Waals surface area (Å²) >= 11 is 6.31. The molecule has 1 unspecified atom stereocenters. The molecule has 204 valence electrons. The normalized spacial score (nSPS) is 17.4. The number of rotatable bonds is 8. The largest absolute Gasteiger partial charge is 0.465 e. The summed E-state index contributed by atoms with van der Waals surface area (Å²) in [5, 5.41) is 30.6. The summed E-state index contributed by atoms with van der Waals surface area (Å²) in [4.78, 5) is 31.0. The van der Waals surface area contributed by atoms with Crippen LogP contribution in [0.2, 0.25) is 5.02 Å². The molecule has 1 saturated carbocycles. The molecule has 1 aromatic heterocycles. The van der Waals surface area contributed by atoms with E-state index in [1.54, 1.807) is 56.6 Å². The molecule has 10 heteroatoms. The summed E-state index contributed by atoms with van der Waals surface area (Å²) in [7, 11) is 0. The zero-order chi connectivity index (χ0) is 28.2. The number of carboxylic acid groups (broad SMARTS) is 1. The fraction of sp³-hybridized carbons (Fsp3) is 0.414. The molecule has 3 N–H and O–H groups in total. The van der Waals surface area contributed by atoms with Crippen molar-refractivity contribution in [1.29, 1.82) is 10.7 Å². The maximum absolute atomic E-state index is 13.0. The first kappa shape index (κ1) is 28.1. The molecular weight excluding hydrogens is 516 g/mol. The predicted molar refractivity (Wildman–Crippen MR) is 150 cm³/mol. The van der Waals surface area contributed by atoms with Gasteiger partial charge >= 0.3 is 6.09 Å². The highest BCUT2D eigenvalue weighted by Crippen LogP contribution is 2.33. The van der Waals surface area contributed by atoms with Crippen LogP contribution in [0.5, 0.6) is 0 Å². The molecular formula is C29H33ClN6O3. The SMILES string of the molecule is CC(C)(CN(CC1CCC[C@H](Cn2cnc3c(Cl)cc(C#N)cc32)C1)C(=O)O)C(=O)NC(=N)c1ccccc1.